The third-order valence-electron chi connectivity index (χ3n) is 5.73. The summed E-state index contributed by atoms with van der Waals surface area (Å²) in [6, 6.07) is 12.8. The molecule has 2 heterocycles. The van der Waals surface area contributed by atoms with E-state index in [0.717, 1.165) is 30.9 Å². The van der Waals surface area contributed by atoms with Crippen molar-refractivity contribution < 1.29 is 13.9 Å². The minimum absolute atomic E-state index is 0.0690. The maximum atomic E-state index is 14.0. The second-order valence-electron chi connectivity index (χ2n) is 8.37. The van der Waals surface area contributed by atoms with Gasteiger partial charge in [-0.15, -0.1) is 0 Å². The van der Waals surface area contributed by atoms with Gasteiger partial charge in [-0.1, -0.05) is 32.0 Å². The lowest BCUT2D eigenvalue weighted by Gasteiger charge is -2.29. The van der Waals surface area contributed by atoms with Crippen molar-refractivity contribution >= 4 is 5.91 Å². The van der Waals surface area contributed by atoms with Gasteiger partial charge < -0.3 is 9.64 Å². The van der Waals surface area contributed by atoms with E-state index in [9.17, 15) is 9.18 Å². The Kier molecular flexibility index (Phi) is 7.94. The van der Waals surface area contributed by atoms with Gasteiger partial charge in [-0.25, -0.2) is 4.39 Å². The van der Waals surface area contributed by atoms with Crippen LogP contribution in [0.3, 0.4) is 0 Å². The smallest absolute Gasteiger partial charge is 0.225 e. The van der Waals surface area contributed by atoms with Crippen LogP contribution in [0.5, 0.6) is 0 Å². The summed E-state index contributed by atoms with van der Waals surface area (Å²) in [5.41, 5.74) is 2.01. The number of rotatable bonds is 9. The molecule has 1 saturated heterocycles. The Morgan fingerprint density at radius 1 is 1.27 bits per heavy atom. The molecule has 2 aromatic rings. The van der Waals surface area contributed by atoms with Crippen LogP contribution in [0.15, 0.2) is 48.7 Å². The van der Waals surface area contributed by atoms with Crippen molar-refractivity contribution in [1.29, 1.82) is 0 Å². The highest BCUT2D eigenvalue weighted by molar-refractivity contribution is 5.78. The van der Waals surface area contributed by atoms with Crippen LogP contribution in [0.25, 0.3) is 0 Å². The van der Waals surface area contributed by atoms with Gasteiger partial charge in [0.1, 0.15) is 5.82 Å². The zero-order chi connectivity index (χ0) is 21.5. The molecule has 6 heteroatoms. The lowest BCUT2D eigenvalue weighted by molar-refractivity contribution is -0.135. The van der Waals surface area contributed by atoms with Crippen molar-refractivity contribution in [2.45, 2.75) is 26.3 Å². The molecule has 0 N–H and O–H groups in total. The van der Waals surface area contributed by atoms with E-state index in [2.05, 4.69) is 9.88 Å². The lowest BCUT2D eigenvalue weighted by atomic mass is 9.88. The molecule has 1 aromatic carbocycles. The Morgan fingerprint density at radius 3 is 2.77 bits per heavy atom. The van der Waals surface area contributed by atoms with E-state index < -0.39 is 0 Å². The summed E-state index contributed by atoms with van der Waals surface area (Å²) >= 11 is 0. The van der Waals surface area contributed by atoms with Crippen molar-refractivity contribution in [3.05, 3.63) is 65.7 Å². The van der Waals surface area contributed by atoms with Crippen molar-refractivity contribution in [3.63, 3.8) is 0 Å². The van der Waals surface area contributed by atoms with Gasteiger partial charge in [-0.05, 0) is 35.7 Å². The Hall–Kier alpha value is -2.31. The number of amides is 1. The minimum Gasteiger partial charge on any atom is -0.383 e. The van der Waals surface area contributed by atoms with E-state index in [0.29, 0.717) is 19.7 Å². The Balaban J connectivity index is 1.80. The van der Waals surface area contributed by atoms with Gasteiger partial charge in [0, 0.05) is 57.9 Å². The van der Waals surface area contributed by atoms with Gasteiger partial charge in [0.25, 0.3) is 0 Å². The molecular formula is C24H32FN3O2. The van der Waals surface area contributed by atoms with Crippen LogP contribution in [0, 0.1) is 17.7 Å². The monoisotopic (exact) mass is 413 g/mol. The van der Waals surface area contributed by atoms with Crippen molar-refractivity contribution in [1.82, 2.24) is 14.8 Å². The first-order chi connectivity index (χ1) is 14.5. The number of pyridine rings is 1. The SMILES string of the molecule is COCCN(C[C@H]1CN(Cc2ccccn2)C[C@H]1c1cccc(F)c1)C(=O)C(C)C. The Bertz CT molecular complexity index is 815. The predicted octanol–water partition coefficient (Wildman–Crippen LogP) is 3.57. The molecule has 1 aromatic heterocycles. The summed E-state index contributed by atoms with van der Waals surface area (Å²) in [5, 5.41) is 0. The van der Waals surface area contributed by atoms with Crippen LogP contribution in [-0.2, 0) is 16.1 Å². The largest absolute Gasteiger partial charge is 0.383 e. The number of halogens is 1. The molecule has 0 bridgehead atoms. The average Bonchev–Trinajstić information content (AvgIpc) is 3.13. The Morgan fingerprint density at radius 2 is 2.10 bits per heavy atom. The number of hydrogen-bond donors (Lipinski definition) is 0. The van der Waals surface area contributed by atoms with Gasteiger partial charge in [0.05, 0.1) is 12.3 Å². The van der Waals surface area contributed by atoms with Crippen LogP contribution < -0.4 is 0 Å². The van der Waals surface area contributed by atoms with Crippen molar-refractivity contribution in [3.8, 4) is 0 Å². The van der Waals surface area contributed by atoms with Crippen LogP contribution in [0.4, 0.5) is 4.39 Å². The molecular weight excluding hydrogens is 381 g/mol. The van der Waals surface area contributed by atoms with Crippen LogP contribution in [0.1, 0.15) is 31.0 Å². The van der Waals surface area contributed by atoms with E-state index in [1.165, 1.54) is 6.07 Å². The first kappa shape index (κ1) is 22.4. The highest BCUT2D eigenvalue weighted by Gasteiger charge is 2.36. The molecule has 1 aliphatic rings. The topological polar surface area (TPSA) is 45.7 Å². The molecule has 0 radical (unpaired) electrons. The summed E-state index contributed by atoms with van der Waals surface area (Å²) < 4.78 is 19.2. The van der Waals surface area contributed by atoms with E-state index in [1.807, 2.05) is 43.0 Å². The Labute approximate surface area is 178 Å². The maximum absolute atomic E-state index is 14.0. The van der Waals surface area contributed by atoms with E-state index in [4.69, 9.17) is 4.74 Å². The van der Waals surface area contributed by atoms with Crippen LogP contribution in [0.2, 0.25) is 0 Å². The summed E-state index contributed by atoms with van der Waals surface area (Å²) in [6.07, 6.45) is 1.81. The maximum Gasteiger partial charge on any atom is 0.225 e. The minimum atomic E-state index is -0.219. The van der Waals surface area contributed by atoms with Crippen molar-refractivity contribution in [2.75, 3.05) is 39.9 Å². The highest BCUT2D eigenvalue weighted by atomic mass is 19.1. The average molecular weight is 414 g/mol. The lowest BCUT2D eigenvalue weighted by Crippen LogP contribution is -2.41. The quantitative estimate of drug-likeness (QED) is 0.631. The number of methoxy groups -OCH3 is 1. The van der Waals surface area contributed by atoms with Crippen LogP contribution >= 0.6 is 0 Å². The van der Waals surface area contributed by atoms with Gasteiger partial charge in [0.15, 0.2) is 0 Å². The molecule has 0 saturated carbocycles. The molecule has 5 nitrogen and oxygen atoms in total. The molecule has 30 heavy (non-hydrogen) atoms. The summed E-state index contributed by atoms with van der Waals surface area (Å²) in [7, 11) is 1.65. The zero-order valence-electron chi connectivity index (χ0n) is 18.1. The molecule has 3 rings (SSSR count). The normalized spacial score (nSPS) is 19.4. The molecule has 0 spiro atoms. The molecule has 1 aliphatic heterocycles. The second kappa shape index (κ2) is 10.6. The van der Waals surface area contributed by atoms with Gasteiger partial charge in [0.2, 0.25) is 5.91 Å². The molecule has 0 unspecified atom stereocenters. The molecule has 0 aliphatic carbocycles. The molecule has 1 fully saturated rings. The number of carbonyl (C=O) groups excluding carboxylic acids is 1. The summed E-state index contributed by atoms with van der Waals surface area (Å²) in [4.78, 5) is 21.5. The fourth-order valence-electron chi connectivity index (χ4n) is 4.25. The van der Waals surface area contributed by atoms with Crippen molar-refractivity contribution in [2.24, 2.45) is 11.8 Å². The number of benzene rings is 1. The number of carbonyl (C=O) groups is 1. The van der Waals surface area contributed by atoms with E-state index in [1.54, 1.807) is 25.4 Å². The number of nitrogens with zero attached hydrogens (tertiary/aromatic N) is 3. The van der Waals surface area contributed by atoms with Crippen LogP contribution in [-0.4, -0.2) is 60.6 Å². The third kappa shape index (κ3) is 5.86. The van der Waals surface area contributed by atoms with E-state index >= 15 is 0 Å². The predicted molar refractivity (Wildman–Crippen MR) is 115 cm³/mol. The first-order valence-electron chi connectivity index (χ1n) is 10.6. The number of hydrogen-bond acceptors (Lipinski definition) is 4. The summed E-state index contributed by atoms with van der Waals surface area (Å²) in [6.45, 7) is 7.97. The molecule has 162 valence electrons. The fourth-order valence-corrected chi connectivity index (χ4v) is 4.25. The fraction of sp³-hybridized carbons (Fsp3) is 0.500. The molecule has 2 atom stereocenters. The van der Waals surface area contributed by atoms with Gasteiger partial charge in [-0.2, -0.15) is 0 Å². The number of likely N-dealkylation sites (tertiary alicyclic amines) is 1. The standard InChI is InChI=1S/C24H32FN3O2/c1-18(2)24(29)28(11-12-30-3)15-20-14-27(16-22-9-4-5-10-26-22)17-23(20)19-7-6-8-21(25)13-19/h4-10,13,18,20,23H,11-12,14-17H2,1-3H3/t20-,23+/m1/s1. The van der Waals surface area contributed by atoms with E-state index in [-0.39, 0.29) is 29.5 Å². The summed E-state index contributed by atoms with van der Waals surface area (Å²) in [5.74, 6) is 0.224. The first-order valence-corrected chi connectivity index (χ1v) is 10.6. The number of ether oxygens (including phenoxy) is 1. The third-order valence-corrected chi connectivity index (χ3v) is 5.73. The van der Waals surface area contributed by atoms with Gasteiger partial charge >= 0.3 is 0 Å². The number of aromatic nitrogens is 1. The second-order valence-corrected chi connectivity index (χ2v) is 8.37. The molecule has 1 amide bonds. The highest BCUT2D eigenvalue weighted by Crippen LogP contribution is 2.34. The zero-order valence-corrected chi connectivity index (χ0v) is 18.1. The van der Waals surface area contributed by atoms with Gasteiger partial charge in [-0.3, -0.25) is 14.7 Å².